The Morgan fingerprint density at radius 1 is 1.38 bits per heavy atom. The average molecular weight is 225 g/mol. The van der Waals surface area contributed by atoms with Crippen LogP contribution in [0.4, 0.5) is 5.82 Å². The highest BCUT2D eigenvalue weighted by Gasteiger charge is 2.23. The molecule has 2 rings (SSSR count). The van der Waals surface area contributed by atoms with Crippen molar-refractivity contribution in [3.8, 4) is 0 Å². The number of anilines is 1. The molecule has 0 spiro atoms. The predicted molar refractivity (Wildman–Crippen MR) is 56.5 cm³/mol. The zero-order chi connectivity index (χ0) is 11.5. The highest BCUT2D eigenvalue weighted by Crippen LogP contribution is 2.18. The Morgan fingerprint density at radius 2 is 2.06 bits per heavy atom. The van der Waals surface area contributed by atoms with E-state index in [4.69, 9.17) is 5.73 Å². The molecule has 0 radical (unpaired) electrons. The van der Waals surface area contributed by atoms with Crippen molar-refractivity contribution < 1.29 is 9.90 Å². The van der Waals surface area contributed by atoms with Crippen LogP contribution >= 0.6 is 0 Å². The van der Waals surface area contributed by atoms with Gasteiger partial charge in [-0.15, -0.1) is 10.2 Å². The maximum Gasteiger partial charge on any atom is 0.275 e. The number of amides is 1. The zero-order valence-electron chi connectivity index (χ0n) is 8.81. The molecule has 1 fully saturated rings. The van der Waals surface area contributed by atoms with Crippen molar-refractivity contribution in [1.82, 2.24) is 20.7 Å². The number of carbonyl (C=O) groups is 1. The summed E-state index contributed by atoms with van der Waals surface area (Å²) in [6.07, 6.45) is 2.78. The summed E-state index contributed by atoms with van der Waals surface area (Å²) in [4.78, 5) is 11.7. The van der Waals surface area contributed by atoms with Crippen molar-refractivity contribution in [3.05, 3.63) is 5.69 Å². The second-order valence-electron chi connectivity index (χ2n) is 4.04. The van der Waals surface area contributed by atoms with Gasteiger partial charge in [0.1, 0.15) is 0 Å². The van der Waals surface area contributed by atoms with E-state index in [1.54, 1.807) is 0 Å². The van der Waals surface area contributed by atoms with Crippen LogP contribution in [-0.2, 0) is 0 Å². The van der Waals surface area contributed by atoms with Crippen LogP contribution in [0.2, 0.25) is 0 Å². The minimum atomic E-state index is -0.312. The third kappa shape index (κ3) is 2.30. The molecular formula is C9H15N5O2. The summed E-state index contributed by atoms with van der Waals surface area (Å²) in [6, 6.07) is 0.0898. The van der Waals surface area contributed by atoms with Gasteiger partial charge in [-0.1, -0.05) is 0 Å². The summed E-state index contributed by atoms with van der Waals surface area (Å²) in [6.45, 7) is 0. The molecule has 0 aromatic carbocycles. The van der Waals surface area contributed by atoms with E-state index in [2.05, 4.69) is 20.7 Å². The first kappa shape index (κ1) is 10.9. The second-order valence-corrected chi connectivity index (χ2v) is 4.04. The molecule has 7 nitrogen and oxygen atoms in total. The number of aromatic nitrogens is 3. The van der Waals surface area contributed by atoms with Crippen molar-refractivity contribution in [2.45, 2.75) is 37.8 Å². The van der Waals surface area contributed by atoms with Crippen LogP contribution in [0.15, 0.2) is 0 Å². The first-order valence-corrected chi connectivity index (χ1v) is 5.32. The fourth-order valence-electron chi connectivity index (χ4n) is 1.88. The van der Waals surface area contributed by atoms with Gasteiger partial charge in [0.25, 0.3) is 5.91 Å². The number of nitrogens with two attached hydrogens (primary N) is 1. The number of aliphatic hydroxyl groups excluding tert-OH is 1. The molecule has 1 aliphatic carbocycles. The topological polar surface area (TPSA) is 117 Å². The van der Waals surface area contributed by atoms with E-state index >= 15 is 0 Å². The summed E-state index contributed by atoms with van der Waals surface area (Å²) >= 11 is 0. The van der Waals surface area contributed by atoms with Crippen molar-refractivity contribution >= 4 is 11.7 Å². The highest BCUT2D eigenvalue weighted by atomic mass is 16.3. The number of nitrogens with one attached hydrogen (secondary N) is 2. The molecule has 88 valence electrons. The maximum atomic E-state index is 11.7. The second kappa shape index (κ2) is 4.48. The van der Waals surface area contributed by atoms with Crippen molar-refractivity contribution in [2.24, 2.45) is 0 Å². The number of H-pyrrole nitrogens is 1. The Labute approximate surface area is 92.4 Å². The number of carbonyl (C=O) groups excluding carboxylic acids is 1. The molecule has 1 saturated carbocycles. The number of nitrogens with zero attached hydrogens (tertiary/aromatic N) is 2. The quantitative estimate of drug-likeness (QED) is 0.537. The molecular weight excluding hydrogens is 210 g/mol. The average Bonchev–Trinajstić information content (AvgIpc) is 2.68. The largest absolute Gasteiger partial charge is 0.393 e. The smallest absolute Gasteiger partial charge is 0.275 e. The van der Waals surface area contributed by atoms with Gasteiger partial charge in [0, 0.05) is 6.04 Å². The van der Waals surface area contributed by atoms with Gasteiger partial charge in [-0.05, 0) is 25.7 Å². The van der Waals surface area contributed by atoms with Gasteiger partial charge in [0.05, 0.1) is 6.10 Å². The standard InChI is InChI=1S/C9H15N5O2/c10-8-7(12-14-13-8)9(16)11-5-1-3-6(15)4-2-5/h5-6,15H,1-4H2,(H,11,16)(H3,10,12,13,14). The van der Waals surface area contributed by atoms with E-state index in [1.165, 1.54) is 0 Å². The lowest BCUT2D eigenvalue weighted by atomic mass is 9.93. The number of nitrogen functional groups attached to an aromatic ring is 1. The van der Waals surface area contributed by atoms with E-state index in [1.807, 2.05) is 0 Å². The first-order chi connectivity index (χ1) is 7.66. The normalized spacial score (nSPS) is 25.3. The summed E-state index contributed by atoms with van der Waals surface area (Å²) in [7, 11) is 0. The highest BCUT2D eigenvalue weighted by molar-refractivity contribution is 5.96. The predicted octanol–water partition coefficient (Wildman–Crippen LogP) is -0.580. The van der Waals surface area contributed by atoms with E-state index in [9.17, 15) is 9.90 Å². The van der Waals surface area contributed by atoms with Crippen LogP contribution < -0.4 is 11.1 Å². The van der Waals surface area contributed by atoms with Crippen LogP contribution in [0.5, 0.6) is 0 Å². The van der Waals surface area contributed by atoms with Gasteiger partial charge in [0.15, 0.2) is 11.5 Å². The van der Waals surface area contributed by atoms with Gasteiger partial charge < -0.3 is 16.2 Å². The molecule has 1 aromatic heterocycles. The van der Waals surface area contributed by atoms with Crippen LogP contribution in [0.3, 0.4) is 0 Å². The van der Waals surface area contributed by atoms with E-state index < -0.39 is 0 Å². The summed E-state index contributed by atoms with van der Waals surface area (Å²) < 4.78 is 0. The first-order valence-electron chi connectivity index (χ1n) is 5.32. The van der Waals surface area contributed by atoms with Crippen molar-refractivity contribution in [1.29, 1.82) is 0 Å². The van der Waals surface area contributed by atoms with Gasteiger partial charge in [-0.2, -0.15) is 5.21 Å². The molecule has 16 heavy (non-hydrogen) atoms. The number of aromatic amines is 1. The van der Waals surface area contributed by atoms with Crippen molar-refractivity contribution in [3.63, 3.8) is 0 Å². The monoisotopic (exact) mass is 225 g/mol. The lowest BCUT2D eigenvalue weighted by Crippen LogP contribution is -2.39. The molecule has 5 N–H and O–H groups in total. The Kier molecular flexibility index (Phi) is 3.04. The molecule has 1 amide bonds. The third-order valence-electron chi connectivity index (χ3n) is 2.82. The van der Waals surface area contributed by atoms with Crippen LogP contribution in [0.1, 0.15) is 36.2 Å². The minimum Gasteiger partial charge on any atom is -0.393 e. The zero-order valence-corrected chi connectivity index (χ0v) is 8.81. The number of rotatable bonds is 2. The van der Waals surface area contributed by atoms with Gasteiger partial charge >= 0.3 is 0 Å². The van der Waals surface area contributed by atoms with Gasteiger partial charge in [0.2, 0.25) is 0 Å². The molecule has 1 heterocycles. The number of aliphatic hydroxyl groups is 1. The third-order valence-corrected chi connectivity index (χ3v) is 2.82. The van der Waals surface area contributed by atoms with Gasteiger partial charge in [-0.25, -0.2) is 0 Å². The fourth-order valence-corrected chi connectivity index (χ4v) is 1.88. The van der Waals surface area contributed by atoms with Crippen molar-refractivity contribution in [2.75, 3.05) is 5.73 Å². The molecule has 1 aliphatic rings. The molecule has 0 atom stereocenters. The summed E-state index contributed by atoms with van der Waals surface area (Å²) in [5.41, 5.74) is 5.59. The lowest BCUT2D eigenvalue weighted by molar-refractivity contribution is 0.0864. The Hall–Kier alpha value is -1.63. The van der Waals surface area contributed by atoms with Crippen LogP contribution in [-0.4, -0.2) is 38.6 Å². The molecule has 1 aromatic rings. The Balaban J connectivity index is 1.91. The molecule has 0 unspecified atom stereocenters. The van der Waals surface area contributed by atoms with Crippen LogP contribution in [0, 0.1) is 0 Å². The molecule has 0 aliphatic heterocycles. The summed E-state index contributed by atoms with van der Waals surface area (Å²) in [5.74, 6) is -0.207. The lowest BCUT2D eigenvalue weighted by Gasteiger charge is -2.25. The minimum absolute atomic E-state index is 0.0898. The summed E-state index contributed by atoms with van der Waals surface area (Å²) in [5, 5.41) is 21.7. The molecule has 0 bridgehead atoms. The Bertz CT molecular complexity index is 370. The molecule has 0 saturated heterocycles. The Morgan fingerprint density at radius 3 is 2.62 bits per heavy atom. The number of hydrogen-bond donors (Lipinski definition) is 4. The van der Waals surface area contributed by atoms with E-state index in [-0.39, 0.29) is 29.6 Å². The van der Waals surface area contributed by atoms with E-state index in [0.29, 0.717) is 0 Å². The van der Waals surface area contributed by atoms with Crippen LogP contribution in [0.25, 0.3) is 0 Å². The maximum absolute atomic E-state index is 11.7. The van der Waals surface area contributed by atoms with Gasteiger partial charge in [-0.3, -0.25) is 4.79 Å². The molecule has 7 heteroatoms. The fraction of sp³-hybridized carbons (Fsp3) is 0.667. The SMILES string of the molecule is Nc1n[nH]nc1C(=O)NC1CCC(O)CC1. The number of hydrogen-bond acceptors (Lipinski definition) is 5. The van der Waals surface area contributed by atoms with E-state index in [0.717, 1.165) is 25.7 Å².